The van der Waals surface area contributed by atoms with E-state index in [0.29, 0.717) is 6.10 Å². The normalized spacial score (nSPS) is 27.9. The first-order valence-electron chi connectivity index (χ1n) is 11.6. The number of ether oxygens (including phenoxy) is 3. The van der Waals surface area contributed by atoms with Gasteiger partial charge in [-0.3, -0.25) is 9.80 Å². The van der Waals surface area contributed by atoms with Crippen LogP contribution in [0, 0.1) is 5.92 Å². The number of rotatable bonds is 4. The second kappa shape index (κ2) is 13.2. The van der Waals surface area contributed by atoms with E-state index in [1.54, 1.807) is 0 Å². The maximum atomic E-state index is 10.6. The van der Waals surface area contributed by atoms with E-state index in [-0.39, 0.29) is 5.60 Å². The largest absolute Gasteiger partial charge is 0.490 e. The first-order valence-corrected chi connectivity index (χ1v) is 11.6. The molecule has 2 unspecified atom stereocenters. The van der Waals surface area contributed by atoms with Crippen LogP contribution in [0.2, 0.25) is 0 Å². The van der Waals surface area contributed by atoms with Crippen molar-refractivity contribution >= 4 is 11.9 Å². The molecule has 3 aliphatic heterocycles. The molecule has 2 atom stereocenters. The van der Waals surface area contributed by atoms with E-state index >= 15 is 0 Å². The van der Waals surface area contributed by atoms with Crippen molar-refractivity contribution in [1.29, 1.82) is 0 Å². The van der Waals surface area contributed by atoms with Gasteiger partial charge in [0.05, 0.1) is 32.5 Å². The van der Waals surface area contributed by atoms with Crippen molar-refractivity contribution in [2.24, 2.45) is 5.92 Å². The van der Waals surface area contributed by atoms with Gasteiger partial charge < -0.3 is 24.4 Å². The van der Waals surface area contributed by atoms with E-state index in [9.17, 15) is 26.3 Å². The van der Waals surface area contributed by atoms with E-state index < -0.39 is 24.3 Å². The fraction of sp³-hybridized carbons (Fsp3) is 0.905. The van der Waals surface area contributed by atoms with Crippen LogP contribution in [0.4, 0.5) is 26.3 Å². The predicted octanol–water partition coefficient (Wildman–Crippen LogP) is 2.25. The zero-order chi connectivity index (χ0) is 27.0. The number of nitrogens with zero attached hydrogens (tertiary/aromatic N) is 2. The summed E-state index contributed by atoms with van der Waals surface area (Å²) in [6.45, 7) is 9.97. The van der Waals surface area contributed by atoms with Gasteiger partial charge in [-0.1, -0.05) is 0 Å². The van der Waals surface area contributed by atoms with E-state index in [1.165, 1.54) is 25.8 Å². The maximum absolute atomic E-state index is 10.6. The molecule has 1 spiro atoms. The van der Waals surface area contributed by atoms with Crippen LogP contribution < -0.4 is 0 Å². The number of aliphatic carboxylic acids is 2. The van der Waals surface area contributed by atoms with Crippen LogP contribution in [0.1, 0.15) is 25.7 Å². The lowest BCUT2D eigenvalue weighted by molar-refractivity contribution is -0.193. The van der Waals surface area contributed by atoms with Crippen molar-refractivity contribution in [3.8, 4) is 0 Å². The molecule has 3 saturated heterocycles. The highest BCUT2D eigenvalue weighted by Gasteiger charge is 2.44. The maximum Gasteiger partial charge on any atom is 0.490 e. The summed E-state index contributed by atoms with van der Waals surface area (Å²) in [6.07, 6.45) is -4.61. The van der Waals surface area contributed by atoms with E-state index in [0.717, 1.165) is 71.5 Å². The predicted molar refractivity (Wildman–Crippen MR) is 111 cm³/mol. The summed E-state index contributed by atoms with van der Waals surface area (Å²) in [6, 6.07) is 0. The van der Waals surface area contributed by atoms with E-state index in [1.807, 2.05) is 0 Å². The van der Waals surface area contributed by atoms with Crippen molar-refractivity contribution in [3.05, 3.63) is 0 Å². The molecule has 9 nitrogen and oxygen atoms in total. The number of hydrogen-bond donors (Lipinski definition) is 2. The van der Waals surface area contributed by atoms with Crippen molar-refractivity contribution < 1.29 is 60.4 Å². The van der Waals surface area contributed by atoms with Gasteiger partial charge in [0.1, 0.15) is 5.60 Å². The van der Waals surface area contributed by atoms with E-state index in [4.69, 9.17) is 34.0 Å². The first-order chi connectivity index (χ1) is 16.7. The minimum atomic E-state index is -5.08. The van der Waals surface area contributed by atoms with Crippen molar-refractivity contribution in [2.45, 2.75) is 49.7 Å². The summed E-state index contributed by atoms with van der Waals surface area (Å²) in [5.41, 5.74) is -0.0393. The topological polar surface area (TPSA) is 109 Å². The average Bonchev–Trinajstić information content (AvgIpc) is 3.54. The summed E-state index contributed by atoms with van der Waals surface area (Å²) in [5.74, 6) is -4.57. The molecule has 0 amide bonds. The Balaban J connectivity index is 0.000000271. The Kier molecular flexibility index (Phi) is 11.2. The summed E-state index contributed by atoms with van der Waals surface area (Å²) in [5, 5.41) is 14.2. The Labute approximate surface area is 204 Å². The molecule has 1 saturated carbocycles. The monoisotopic (exact) mass is 538 g/mol. The Bertz CT molecular complexity index is 690. The highest BCUT2D eigenvalue weighted by Crippen LogP contribution is 2.35. The zero-order valence-electron chi connectivity index (χ0n) is 19.7. The van der Waals surface area contributed by atoms with Gasteiger partial charge in [-0.05, 0) is 31.6 Å². The number of carboxylic acid groups (broad SMARTS) is 2. The number of carbonyl (C=O) groups is 2. The summed E-state index contributed by atoms with van der Waals surface area (Å²) >= 11 is 0. The van der Waals surface area contributed by atoms with Gasteiger partial charge >= 0.3 is 24.3 Å². The quantitative estimate of drug-likeness (QED) is 0.521. The smallest absolute Gasteiger partial charge is 0.475 e. The van der Waals surface area contributed by atoms with Gasteiger partial charge in [0.15, 0.2) is 0 Å². The Morgan fingerprint density at radius 3 is 1.81 bits per heavy atom. The van der Waals surface area contributed by atoms with Gasteiger partial charge in [0.2, 0.25) is 0 Å². The standard InChI is InChI=1S/C17H30N2O3.2C2HF3O2/c1-2-15(1)11-19-7-10-21-14-17(13-19)4-3-16(22-17)12-18-5-8-20-9-6-18;2*3-2(4,5)1(6)7/h15-16H,1-14H2;2*(H,6,7). The molecule has 0 aromatic carbocycles. The lowest BCUT2D eigenvalue weighted by Gasteiger charge is -2.33. The van der Waals surface area contributed by atoms with Crippen LogP contribution >= 0.6 is 0 Å². The molecule has 0 radical (unpaired) electrons. The van der Waals surface area contributed by atoms with Gasteiger partial charge in [-0.15, -0.1) is 0 Å². The lowest BCUT2D eigenvalue weighted by Crippen LogP contribution is -2.46. The van der Waals surface area contributed by atoms with Crippen LogP contribution in [-0.2, 0) is 23.8 Å². The molecule has 210 valence electrons. The number of alkyl halides is 6. The number of halogens is 6. The van der Waals surface area contributed by atoms with Gasteiger partial charge in [0.25, 0.3) is 0 Å². The number of carboxylic acids is 2. The van der Waals surface area contributed by atoms with E-state index in [2.05, 4.69) is 9.80 Å². The molecular weight excluding hydrogens is 506 g/mol. The molecule has 0 aromatic heterocycles. The summed E-state index contributed by atoms with van der Waals surface area (Å²) in [4.78, 5) is 22.9. The van der Waals surface area contributed by atoms with Crippen LogP contribution in [-0.4, -0.2) is 122 Å². The third-order valence-corrected chi connectivity index (χ3v) is 6.03. The minimum absolute atomic E-state index is 0.0393. The molecule has 4 fully saturated rings. The van der Waals surface area contributed by atoms with Gasteiger partial charge in [-0.25, -0.2) is 9.59 Å². The molecule has 3 heterocycles. The van der Waals surface area contributed by atoms with Crippen molar-refractivity contribution in [1.82, 2.24) is 9.80 Å². The Morgan fingerprint density at radius 1 is 0.806 bits per heavy atom. The van der Waals surface area contributed by atoms with Crippen LogP contribution in [0.5, 0.6) is 0 Å². The molecule has 4 rings (SSSR count). The second-order valence-electron chi connectivity index (χ2n) is 9.21. The SMILES string of the molecule is C1CN(CC2CCC3(COCCN(CC4CC4)C3)O2)CCO1.O=C(O)C(F)(F)F.O=C(O)C(F)(F)F. The Hall–Kier alpha value is -1.68. The van der Waals surface area contributed by atoms with Gasteiger partial charge in [-0.2, -0.15) is 26.3 Å². The molecule has 0 aromatic rings. The third-order valence-electron chi connectivity index (χ3n) is 6.03. The number of hydrogen-bond acceptors (Lipinski definition) is 7. The average molecular weight is 538 g/mol. The molecule has 1 aliphatic carbocycles. The van der Waals surface area contributed by atoms with Crippen molar-refractivity contribution in [3.63, 3.8) is 0 Å². The second-order valence-corrected chi connectivity index (χ2v) is 9.21. The molecule has 4 aliphatic rings. The molecular formula is C21H32F6N2O7. The highest BCUT2D eigenvalue weighted by atomic mass is 19.4. The van der Waals surface area contributed by atoms with Crippen molar-refractivity contribution in [2.75, 3.05) is 65.7 Å². The third kappa shape index (κ3) is 11.2. The lowest BCUT2D eigenvalue weighted by atomic mass is 10.00. The zero-order valence-corrected chi connectivity index (χ0v) is 19.7. The summed E-state index contributed by atoms with van der Waals surface area (Å²) < 4.78 is 81.4. The minimum Gasteiger partial charge on any atom is -0.475 e. The van der Waals surface area contributed by atoms with Crippen LogP contribution in [0.3, 0.4) is 0 Å². The highest BCUT2D eigenvalue weighted by molar-refractivity contribution is 5.73. The molecule has 0 bridgehead atoms. The first kappa shape index (κ1) is 30.5. The van der Waals surface area contributed by atoms with Crippen LogP contribution in [0.25, 0.3) is 0 Å². The fourth-order valence-corrected chi connectivity index (χ4v) is 4.12. The summed E-state index contributed by atoms with van der Waals surface area (Å²) in [7, 11) is 0. The molecule has 15 heteroatoms. The molecule has 36 heavy (non-hydrogen) atoms. The Morgan fingerprint density at radius 2 is 1.31 bits per heavy atom. The van der Waals surface area contributed by atoms with Gasteiger partial charge in [0, 0.05) is 39.3 Å². The number of morpholine rings is 1. The molecule has 2 N–H and O–H groups in total. The fourth-order valence-electron chi connectivity index (χ4n) is 4.12. The van der Waals surface area contributed by atoms with Crippen LogP contribution in [0.15, 0.2) is 0 Å².